The van der Waals surface area contributed by atoms with E-state index < -0.39 is 0 Å². The molecule has 4 heteroatoms. The molecule has 0 saturated carbocycles. The first-order valence-electron chi connectivity index (χ1n) is 5.37. The zero-order valence-corrected chi connectivity index (χ0v) is 11.8. The maximum absolute atomic E-state index is 3.62. The molecule has 1 aliphatic heterocycles. The van der Waals surface area contributed by atoms with Crippen LogP contribution in [0.15, 0.2) is 29.4 Å². The lowest BCUT2D eigenvalue weighted by Crippen LogP contribution is -2.29. The molecule has 1 aromatic carbocycles. The maximum atomic E-state index is 3.62. The molecule has 0 bridgehead atoms. The van der Waals surface area contributed by atoms with Gasteiger partial charge in [-0.2, -0.15) is 0 Å². The molecule has 2 aromatic rings. The number of para-hydroxylation sites is 2. The topological polar surface area (TPSA) is 8.81 Å². The molecule has 0 radical (unpaired) electrons. The van der Waals surface area contributed by atoms with Gasteiger partial charge in [0, 0.05) is 5.33 Å². The van der Waals surface area contributed by atoms with Gasteiger partial charge in [0.05, 0.1) is 11.8 Å². The van der Waals surface area contributed by atoms with Crippen LogP contribution in [0.4, 0.5) is 0 Å². The fourth-order valence-electron chi connectivity index (χ4n) is 2.30. The van der Waals surface area contributed by atoms with Crippen molar-refractivity contribution in [3.05, 3.63) is 24.3 Å². The Kier molecular flexibility index (Phi) is 2.33. The van der Waals surface area contributed by atoms with E-state index in [1.165, 1.54) is 16.2 Å². The number of imidazole rings is 1. The van der Waals surface area contributed by atoms with Gasteiger partial charge in [0.2, 0.25) is 0 Å². The Labute approximate surface area is 108 Å². The monoisotopic (exact) mass is 297 g/mol. The minimum atomic E-state index is 0.289. The van der Waals surface area contributed by atoms with Crippen molar-refractivity contribution >= 4 is 38.7 Å². The third kappa shape index (κ3) is 1.36. The van der Waals surface area contributed by atoms with E-state index in [9.17, 15) is 0 Å². The largest absolute Gasteiger partial charge is 0.319 e. The van der Waals surface area contributed by atoms with E-state index in [-0.39, 0.29) is 4.75 Å². The highest BCUT2D eigenvalue weighted by Crippen LogP contribution is 2.42. The Hall–Kier alpha value is -0.480. The number of rotatable bonds is 1. The summed E-state index contributed by atoms with van der Waals surface area (Å²) in [6.07, 6.45) is 0. The highest BCUT2D eigenvalue weighted by atomic mass is 79.9. The number of aromatic nitrogens is 2. The summed E-state index contributed by atoms with van der Waals surface area (Å²) in [4.78, 5) is 0. The van der Waals surface area contributed by atoms with E-state index in [1.807, 2.05) is 11.8 Å². The number of hydrogen-bond donors (Lipinski definition) is 0. The summed E-state index contributed by atoms with van der Waals surface area (Å²) in [5.74, 6) is 0. The van der Waals surface area contributed by atoms with Crippen LogP contribution in [0.1, 0.15) is 6.92 Å². The molecule has 0 amide bonds. The van der Waals surface area contributed by atoms with Gasteiger partial charge in [-0.05, 0) is 30.8 Å². The SMILES string of the molecule is C[n+]1c2n(c3ccccc31)CC(C)(CBr)S2. The predicted octanol–water partition coefficient (Wildman–Crippen LogP) is 2.73. The van der Waals surface area contributed by atoms with E-state index in [2.05, 4.69) is 63.3 Å². The van der Waals surface area contributed by atoms with E-state index in [0.29, 0.717) is 0 Å². The van der Waals surface area contributed by atoms with Crippen LogP contribution >= 0.6 is 27.7 Å². The zero-order chi connectivity index (χ0) is 11.3. The molecule has 0 saturated heterocycles. The normalized spacial score (nSPS) is 23.9. The van der Waals surface area contributed by atoms with Gasteiger partial charge < -0.3 is 0 Å². The van der Waals surface area contributed by atoms with Gasteiger partial charge in [0.1, 0.15) is 6.54 Å². The Morgan fingerprint density at radius 2 is 2.25 bits per heavy atom. The number of thioether (sulfide) groups is 1. The van der Waals surface area contributed by atoms with Gasteiger partial charge in [-0.15, -0.1) is 0 Å². The summed E-state index contributed by atoms with van der Waals surface area (Å²) in [5, 5.41) is 2.39. The standard InChI is InChI=1S/C12H14BrN2S/c1-12(7-13)8-15-10-6-4-3-5-9(10)14(2)11(15)16-12/h3-6H,7-8H2,1-2H3/q+1. The highest BCUT2D eigenvalue weighted by Gasteiger charge is 2.42. The zero-order valence-electron chi connectivity index (χ0n) is 9.40. The molecule has 1 unspecified atom stereocenters. The molecule has 16 heavy (non-hydrogen) atoms. The van der Waals surface area contributed by atoms with Gasteiger partial charge in [0.15, 0.2) is 11.0 Å². The van der Waals surface area contributed by atoms with Crippen molar-refractivity contribution in [2.75, 3.05) is 5.33 Å². The molecule has 1 atom stereocenters. The lowest BCUT2D eigenvalue weighted by molar-refractivity contribution is -0.685. The van der Waals surface area contributed by atoms with E-state index >= 15 is 0 Å². The number of nitrogens with zero attached hydrogens (tertiary/aromatic N) is 2. The summed E-state index contributed by atoms with van der Waals surface area (Å²) in [7, 11) is 2.15. The second-order valence-electron chi connectivity index (χ2n) is 4.60. The number of benzene rings is 1. The lowest BCUT2D eigenvalue weighted by atomic mass is 10.2. The highest BCUT2D eigenvalue weighted by molar-refractivity contribution is 9.09. The van der Waals surface area contributed by atoms with Crippen LogP contribution in [0.2, 0.25) is 0 Å². The van der Waals surface area contributed by atoms with Crippen molar-refractivity contribution in [3.63, 3.8) is 0 Å². The number of fused-ring (bicyclic) bond motifs is 3. The summed E-state index contributed by atoms with van der Waals surface area (Å²) in [5.41, 5.74) is 2.67. The van der Waals surface area contributed by atoms with Crippen LogP contribution in [0.25, 0.3) is 11.0 Å². The molecule has 1 aliphatic rings. The fourth-order valence-corrected chi connectivity index (χ4v) is 4.01. The summed E-state index contributed by atoms with van der Waals surface area (Å²) < 4.78 is 5.02. The fraction of sp³-hybridized carbons (Fsp3) is 0.417. The number of aryl methyl sites for hydroxylation is 1. The van der Waals surface area contributed by atoms with E-state index in [0.717, 1.165) is 11.9 Å². The first kappa shape index (κ1) is 10.7. The molecule has 84 valence electrons. The molecule has 0 fully saturated rings. The number of halogens is 1. The average Bonchev–Trinajstić information content (AvgIpc) is 2.77. The van der Waals surface area contributed by atoms with Gasteiger partial charge in [-0.25, -0.2) is 9.13 Å². The number of hydrogen-bond acceptors (Lipinski definition) is 1. The van der Waals surface area contributed by atoms with Crippen molar-refractivity contribution in [3.8, 4) is 0 Å². The lowest BCUT2D eigenvalue weighted by Gasteiger charge is -2.14. The quantitative estimate of drug-likeness (QED) is 0.581. The summed E-state index contributed by atoms with van der Waals surface area (Å²) in [6, 6.07) is 8.61. The second-order valence-corrected chi connectivity index (χ2v) is 6.72. The molecule has 0 aliphatic carbocycles. The van der Waals surface area contributed by atoms with Crippen LogP contribution in [-0.2, 0) is 13.6 Å². The molecule has 0 spiro atoms. The van der Waals surface area contributed by atoms with E-state index in [4.69, 9.17) is 0 Å². The Bertz CT molecular complexity index is 563. The van der Waals surface area contributed by atoms with E-state index in [1.54, 1.807) is 0 Å². The second kappa shape index (κ2) is 3.50. The molecule has 1 aromatic heterocycles. The van der Waals surface area contributed by atoms with Crippen molar-refractivity contribution in [2.45, 2.75) is 23.4 Å². The van der Waals surface area contributed by atoms with Crippen molar-refractivity contribution in [1.82, 2.24) is 4.57 Å². The van der Waals surface area contributed by atoms with Crippen LogP contribution in [-0.4, -0.2) is 14.6 Å². The third-order valence-corrected chi connectivity index (χ3v) is 6.22. The third-order valence-electron chi connectivity index (χ3n) is 3.16. The molecule has 0 N–H and O–H groups in total. The van der Waals surface area contributed by atoms with Gasteiger partial charge in [-0.1, -0.05) is 28.1 Å². The van der Waals surface area contributed by atoms with Crippen molar-refractivity contribution < 1.29 is 4.57 Å². The molecule has 2 heterocycles. The van der Waals surface area contributed by atoms with Gasteiger partial charge >= 0.3 is 5.16 Å². The molecule has 3 rings (SSSR count). The minimum absolute atomic E-state index is 0.289. The Morgan fingerprint density at radius 3 is 3.00 bits per heavy atom. The molecular weight excluding hydrogens is 284 g/mol. The van der Waals surface area contributed by atoms with Crippen molar-refractivity contribution in [1.29, 1.82) is 0 Å². The molecular formula is C12H14BrN2S+. The summed E-state index contributed by atoms with van der Waals surface area (Å²) >= 11 is 5.59. The number of alkyl halides is 1. The Morgan fingerprint density at radius 1 is 1.50 bits per heavy atom. The maximum Gasteiger partial charge on any atom is 0.319 e. The van der Waals surface area contributed by atoms with Gasteiger partial charge in [0.25, 0.3) is 0 Å². The van der Waals surface area contributed by atoms with Gasteiger partial charge in [-0.3, -0.25) is 0 Å². The first-order valence-corrected chi connectivity index (χ1v) is 7.31. The van der Waals surface area contributed by atoms with Crippen molar-refractivity contribution in [2.24, 2.45) is 7.05 Å². The summed E-state index contributed by atoms with van der Waals surface area (Å²) in [6.45, 7) is 3.40. The first-order chi connectivity index (χ1) is 7.64. The predicted molar refractivity (Wildman–Crippen MR) is 71.2 cm³/mol. The van der Waals surface area contributed by atoms with Crippen LogP contribution in [0, 0.1) is 0 Å². The smallest absolute Gasteiger partial charge is 0.220 e. The minimum Gasteiger partial charge on any atom is -0.220 e. The molecule has 2 nitrogen and oxygen atoms in total. The average molecular weight is 298 g/mol. The Balaban J connectivity index is 2.24. The van der Waals surface area contributed by atoms with Crippen LogP contribution in [0.5, 0.6) is 0 Å². The van der Waals surface area contributed by atoms with Crippen LogP contribution in [0.3, 0.4) is 0 Å². The van der Waals surface area contributed by atoms with Crippen LogP contribution < -0.4 is 4.57 Å².